The molecule has 1 saturated carbocycles. The lowest BCUT2D eigenvalue weighted by atomic mass is 10.1. The lowest BCUT2D eigenvalue weighted by molar-refractivity contribution is 0.0953. The lowest BCUT2D eigenvalue weighted by Gasteiger charge is -2.10. The van der Waals surface area contributed by atoms with Gasteiger partial charge >= 0.3 is 0 Å². The highest BCUT2D eigenvalue weighted by atomic mass is 16.2. The van der Waals surface area contributed by atoms with Gasteiger partial charge in [-0.05, 0) is 51.7 Å². The van der Waals surface area contributed by atoms with E-state index in [1.165, 1.54) is 0 Å². The molecule has 2 aromatic rings. The Morgan fingerprint density at radius 3 is 2.78 bits per heavy atom. The van der Waals surface area contributed by atoms with Crippen LogP contribution in [0.3, 0.4) is 0 Å². The first kappa shape index (κ1) is 15.4. The Morgan fingerprint density at radius 1 is 1.35 bits per heavy atom. The van der Waals surface area contributed by atoms with Crippen LogP contribution in [0, 0.1) is 6.92 Å². The third-order valence-corrected chi connectivity index (χ3v) is 4.14. The Labute approximate surface area is 134 Å². The molecule has 0 aromatic carbocycles. The third kappa shape index (κ3) is 3.02. The van der Waals surface area contributed by atoms with Crippen LogP contribution in [0.15, 0.2) is 28.2 Å². The summed E-state index contributed by atoms with van der Waals surface area (Å²) in [6, 6.07) is 3.51. The minimum Gasteiger partial charge on any atom is -0.332 e. The normalized spacial score (nSPS) is 14.3. The molecule has 0 unspecified atom stereocenters. The fourth-order valence-electron chi connectivity index (χ4n) is 2.85. The summed E-state index contributed by atoms with van der Waals surface area (Å²) in [5.74, 6) is -0.459. The van der Waals surface area contributed by atoms with Gasteiger partial charge in [0.15, 0.2) is 0 Å². The van der Waals surface area contributed by atoms with Gasteiger partial charge in [-0.25, -0.2) is 10.4 Å². The zero-order chi connectivity index (χ0) is 16.4. The second-order valence-electron chi connectivity index (χ2n) is 5.81. The van der Waals surface area contributed by atoms with Crippen LogP contribution in [-0.4, -0.2) is 21.2 Å². The minimum absolute atomic E-state index is 0.104. The van der Waals surface area contributed by atoms with Crippen LogP contribution in [-0.2, 0) is 6.54 Å². The van der Waals surface area contributed by atoms with Crippen LogP contribution in [0.1, 0.15) is 48.7 Å². The van der Waals surface area contributed by atoms with Crippen molar-refractivity contribution in [2.24, 2.45) is 5.10 Å². The van der Waals surface area contributed by atoms with Crippen LogP contribution in [0.5, 0.6) is 0 Å². The molecule has 1 fully saturated rings. The highest BCUT2D eigenvalue weighted by molar-refractivity contribution is 5.97. The summed E-state index contributed by atoms with van der Waals surface area (Å²) >= 11 is 0. The monoisotopic (exact) mass is 312 g/mol. The van der Waals surface area contributed by atoms with E-state index in [1.807, 2.05) is 18.4 Å². The van der Waals surface area contributed by atoms with E-state index < -0.39 is 5.91 Å². The molecule has 2 heterocycles. The predicted molar refractivity (Wildman–Crippen MR) is 89.8 cm³/mol. The minimum atomic E-state index is -0.459. The number of fused-ring (bicyclic) bond motifs is 1. The maximum atomic E-state index is 12.6. The van der Waals surface area contributed by atoms with Crippen LogP contribution in [0.4, 0.5) is 0 Å². The van der Waals surface area contributed by atoms with Crippen molar-refractivity contribution in [1.82, 2.24) is 15.0 Å². The van der Waals surface area contributed by atoms with Gasteiger partial charge < -0.3 is 4.57 Å². The van der Waals surface area contributed by atoms with Crippen molar-refractivity contribution in [3.8, 4) is 0 Å². The fraction of sp³-hybridized carbons (Fsp3) is 0.412. The maximum absolute atomic E-state index is 12.6. The summed E-state index contributed by atoms with van der Waals surface area (Å²) in [7, 11) is 0. The van der Waals surface area contributed by atoms with Gasteiger partial charge in [0.25, 0.3) is 5.91 Å². The molecule has 0 atom stereocenters. The van der Waals surface area contributed by atoms with E-state index in [0.717, 1.165) is 37.1 Å². The standard InChI is InChI=1S/C17H20N4O2/c1-3-21-10-14(17(23)20-19-12-6-4-5-7-12)15(22)13-9-8-11(2)18-16(13)21/h8-10H,3-7H2,1-2H3,(H,20,23). The van der Waals surface area contributed by atoms with Crippen molar-refractivity contribution in [1.29, 1.82) is 0 Å². The predicted octanol–water partition coefficient (Wildman–Crippen LogP) is 2.38. The molecule has 0 spiro atoms. The number of hydrogen-bond acceptors (Lipinski definition) is 4. The van der Waals surface area contributed by atoms with E-state index in [2.05, 4.69) is 15.5 Å². The number of carbonyl (C=O) groups excluding carboxylic acids is 1. The summed E-state index contributed by atoms with van der Waals surface area (Å²) in [6.07, 6.45) is 5.62. The molecule has 1 amide bonds. The average Bonchev–Trinajstić information content (AvgIpc) is 3.06. The number of nitrogens with zero attached hydrogens (tertiary/aromatic N) is 3. The molecule has 0 aliphatic heterocycles. The number of pyridine rings is 2. The van der Waals surface area contributed by atoms with E-state index >= 15 is 0 Å². The van der Waals surface area contributed by atoms with Crippen molar-refractivity contribution in [2.75, 3.05) is 0 Å². The molecule has 23 heavy (non-hydrogen) atoms. The van der Waals surface area contributed by atoms with E-state index in [9.17, 15) is 9.59 Å². The molecule has 6 heteroatoms. The summed E-state index contributed by atoms with van der Waals surface area (Å²) in [4.78, 5) is 29.4. The molecule has 0 saturated heterocycles. The van der Waals surface area contributed by atoms with Gasteiger partial charge in [-0.2, -0.15) is 5.10 Å². The number of aromatic nitrogens is 2. The Balaban J connectivity index is 2.02. The molecule has 6 nitrogen and oxygen atoms in total. The Morgan fingerprint density at radius 2 is 2.09 bits per heavy atom. The smallest absolute Gasteiger partial charge is 0.276 e. The number of nitrogens with one attached hydrogen (secondary N) is 1. The summed E-state index contributed by atoms with van der Waals surface area (Å²) < 4.78 is 1.82. The molecule has 0 bridgehead atoms. The third-order valence-electron chi connectivity index (χ3n) is 4.14. The molecular formula is C17H20N4O2. The molecule has 1 N–H and O–H groups in total. The second kappa shape index (κ2) is 6.32. The number of hydrazone groups is 1. The molecule has 1 aliphatic carbocycles. The van der Waals surface area contributed by atoms with Gasteiger partial charge in [0.05, 0.1) is 5.39 Å². The Kier molecular flexibility index (Phi) is 4.23. The zero-order valence-electron chi connectivity index (χ0n) is 13.4. The van der Waals surface area contributed by atoms with Gasteiger partial charge in [0.2, 0.25) is 5.43 Å². The van der Waals surface area contributed by atoms with E-state index in [1.54, 1.807) is 18.3 Å². The molecular weight excluding hydrogens is 292 g/mol. The van der Waals surface area contributed by atoms with Crippen LogP contribution in [0.2, 0.25) is 0 Å². The van der Waals surface area contributed by atoms with E-state index in [0.29, 0.717) is 17.6 Å². The molecule has 1 aliphatic rings. The SMILES string of the molecule is CCn1cc(C(=O)NN=C2CCCC2)c(=O)c2ccc(C)nc21. The van der Waals surface area contributed by atoms with Crippen molar-refractivity contribution in [2.45, 2.75) is 46.1 Å². The van der Waals surface area contributed by atoms with Gasteiger partial charge in [0, 0.05) is 24.1 Å². The topological polar surface area (TPSA) is 76.3 Å². The van der Waals surface area contributed by atoms with Crippen LogP contribution < -0.4 is 10.9 Å². The van der Waals surface area contributed by atoms with Crippen molar-refractivity contribution in [3.05, 3.63) is 39.8 Å². The van der Waals surface area contributed by atoms with E-state index in [-0.39, 0.29) is 11.0 Å². The highest BCUT2D eigenvalue weighted by Crippen LogP contribution is 2.14. The van der Waals surface area contributed by atoms with Gasteiger partial charge in [-0.3, -0.25) is 9.59 Å². The van der Waals surface area contributed by atoms with Gasteiger partial charge in [-0.15, -0.1) is 0 Å². The highest BCUT2D eigenvalue weighted by Gasteiger charge is 2.16. The van der Waals surface area contributed by atoms with Crippen molar-refractivity contribution < 1.29 is 4.79 Å². The number of carbonyl (C=O) groups is 1. The summed E-state index contributed by atoms with van der Waals surface area (Å²) in [5, 5.41) is 4.60. The fourth-order valence-corrected chi connectivity index (χ4v) is 2.85. The average molecular weight is 312 g/mol. The van der Waals surface area contributed by atoms with Crippen molar-refractivity contribution >= 4 is 22.7 Å². The summed E-state index contributed by atoms with van der Waals surface area (Å²) in [6.45, 7) is 4.46. The lowest BCUT2D eigenvalue weighted by Crippen LogP contribution is -2.27. The molecule has 0 radical (unpaired) electrons. The number of rotatable bonds is 3. The van der Waals surface area contributed by atoms with Gasteiger partial charge in [0.1, 0.15) is 11.2 Å². The van der Waals surface area contributed by atoms with E-state index in [4.69, 9.17) is 0 Å². The summed E-state index contributed by atoms with van der Waals surface area (Å²) in [5.41, 5.74) is 4.76. The first-order valence-corrected chi connectivity index (χ1v) is 7.96. The second-order valence-corrected chi connectivity index (χ2v) is 5.81. The first-order chi connectivity index (χ1) is 11.1. The molecule has 120 valence electrons. The van der Waals surface area contributed by atoms with Gasteiger partial charge in [-0.1, -0.05) is 0 Å². The van der Waals surface area contributed by atoms with Crippen LogP contribution >= 0.6 is 0 Å². The Hall–Kier alpha value is -2.50. The number of amides is 1. The van der Waals surface area contributed by atoms with Crippen LogP contribution in [0.25, 0.3) is 11.0 Å². The van der Waals surface area contributed by atoms with Crippen molar-refractivity contribution in [3.63, 3.8) is 0 Å². The zero-order valence-corrected chi connectivity index (χ0v) is 13.4. The first-order valence-electron chi connectivity index (χ1n) is 7.96. The molecule has 2 aromatic heterocycles. The largest absolute Gasteiger partial charge is 0.332 e. The number of hydrogen-bond donors (Lipinski definition) is 1. The number of aryl methyl sites for hydroxylation is 2. The quantitative estimate of drug-likeness (QED) is 0.884. The maximum Gasteiger partial charge on any atom is 0.276 e. The molecule has 3 rings (SSSR count). The Bertz CT molecular complexity index is 844.